The molecule has 0 radical (unpaired) electrons. The molecular weight excluding hydrogens is 510 g/mol. The van der Waals surface area contributed by atoms with E-state index in [2.05, 4.69) is 31.3 Å². The second kappa shape index (κ2) is 9.60. The second-order valence-corrected chi connectivity index (χ2v) is 11.3. The average Bonchev–Trinajstić information content (AvgIpc) is 3.20. The summed E-state index contributed by atoms with van der Waals surface area (Å²) in [6.07, 6.45) is 3.34. The zero-order valence-electron chi connectivity index (χ0n) is 20.9. The number of aryl methyl sites for hydroxylation is 2. The van der Waals surface area contributed by atoms with Crippen LogP contribution in [-0.4, -0.2) is 44.6 Å². The number of halogens is 1. The third-order valence-electron chi connectivity index (χ3n) is 6.58. The molecule has 0 spiro atoms. The summed E-state index contributed by atoms with van der Waals surface area (Å²) in [5, 5.41) is 8.29. The fourth-order valence-electron chi connectivity index (χ4n) is 4.74. The van der Waals surface area contributed by atoms with Crippen LogP contribution in [0.15, 0.2) is 33.7 Å². The van der Waals surface area contributed by atoms with Gasteiger partial charge in [-0.25, -0.2) is 0 Å². The van der Waals surface area contributed by atoms with Gasteiger partial charge in [0.05, 0.1) is 23.3 Å². The number of carbonyl (C=O) groups is 2. The lowest BCUT2D eigenvalue weighted by molar-refractivity contribution is -0.140. The number of hydrogen-bond donors (Lipinski definition) is 2. The van der Waals surface area contributed by atoms with E-state index >= 15 is 0 Å². The van der Waals surface area contributed by atoms with Gasteiger partial charge in [-0.05, 0) is 50.5 Å². The van der Waals surface area contributed by atoms with E-state index in [4.69, 9.17) is 0 Å². The molecule has 2 N–H and O–H groups in total. The summed E-state index contributed by atoms with van der Waals surface area (Å²) >= 11 is 3.54. The topological polar surface area (TPSA) is 100 Å². The Morgan fingerprint density at radius 3 is 2.49 bits per heavy atom. The van der Waals surface area contributed by atoms with Crippen LogP contribution >= 0.6 is 15.9 Å². The van der Waals surface area contributed by atoms with Crippen LogP contribution in [0.2, 0.25) is 0 Å². The number of nitrogens with one attached hydrogen (secondary N) is 2. The molecular formula is C26H32BrN5O3. The van der Waals surface area contributed by atoms with E-state index in [0.29, 0.717) is 24.2 Å². The number of likely N-dealkylation sites (tertiary alicyclic amines) is 1. The number of aromatic nitrogens is 3. The summed E-state index contributed by atoms with van der Waals surface area (Å²) in [5.74, 6) is -0.0913. The number of hydrogen-bond acceptors (Lipinski definition) is 4. The highest BCUT2D eigenvalue weighted by atomic mass is 79.9. The maximum absolute atomic E-state index is 13.1. The van der Waals surface area contributed by atoms with Gasteiger partial charge in [0.1, 0.15) is 0 Å². The van der Waals surface area contributed by atoms with Crippen LogP contribution in [0, 0.1) is 19.3 Å². The molecule has 0 unspecified atom stereocenters. The highest BCUT2D eigenvalue weighted by Crippen LogP contribution is 2.31. The molecule has 1 aliphatic rings. The first-order valence-electron chi connectivity index (χ1n) is 11.9. The molecule has 4 rings (SSSR count). The maximum atomic E-state index is 13.1. The largest absolute Gasteiger partial charge is 0.348 e. The molecule has 2 aromatic heterocycles. The smallest absolute Gasteiger partial charge is 0.253 e. The summed E-state index contributed by atoms with van der Waals surface area (Å²) in [4.78, 5) is 42.8. The summed E-state index contributed by atoms with van der Waals surface area (Å²) in [6, 6.07) is 5.79. The molecule has 1 aromatic carbocycles. The Morgan fingerprint density at radius 2 is 1.86 bits per heavy atom. The first kappa shape index (κ1) is 25.2. The molecule has 35 heavy (non-hydrogen) atoms. The Morgan fingerprint density at radius 1 is 1.17 bits per heavy atom. The van der Waals surface area contributed by atoms with Crippen molar-refractivity contribution in [3.05, 3.63) is 61.6 Å². The molecule has 1 fully saturated rings. The van der Waals surface area contributed by atoms with Crippen molar-refractivity contribution in [2.24, 2.45) is 5.41 Å². The number of fused-ring (bicyclic) bond motifs is 1. The van der Waals surface area contributed by atoms with Gasteiger partial charge in [0.15, 0.2) is 0 Å². The summed E-state index contributed by atoms with van der Waals surface area (Å²) in [6.45, 7) is 11.1. The van der Waals surface area contributed by atoms with Gasteiger partial charge < -0.3 is 15.2 Å². The van der Waals surface area contributed by atoms with Crippen LogP contribution in [0.3, 0.4) is 0 Å². The molecule has 1 aliphatic heterocycles. The van der Waals surface area contributed by atoms with Gasteiger partial charge in [0, 0.05) is 46.2 Å². The number of nitrogens with zero attached hydrogens (tertiary/aromatic N) is 3. The number of benzene rings is 1. The Kier molecular flexibility index (Phi) is 6.90. The van der Waals surface area contributed by atoms with E-state index in [0.717, 1.165) is 39.5 Å². The van der Waals surface area contributed by atoms with Gasteiger partial charge in [-0.15, -0.1) is 0 Å². The van der Waals surface area contributed by atoms with E-state index < -0.39 is 0 Å². The maximum Gasteiger partial charge on any atom is 0.253 e. The molecule has 1 saturated heterocycles. The lowest BCUT2D eigenvalue weighted by atomic mass is 9.93. The van der Waals surface area contributed by atoms with Crippen molar-refractivity contribution >= 4 is 38.6 Å². The zero-order valence-corrected chi connectivity index (χ0v) is 22.5. The predicted molar refractivity (Wildman–Crippen MR) is 139 cm³/mol. The standard InChI is InChI=1S/C26H32BrN5O3/c1-15-10-16(2)30-24(34)20(15)13-28-23(33)19-11-17(27)12-22-21(19)14-29-32(22)18-6-8-31(9-7-18)25(35)26(3,4)5/h10-12,14,18H,6-9,13H2,1-5H3,(H,28,33)(H,30,34). The second-order valence-electron chi connectivity index (χ2n) is 10.4. The Bertz CT molecular complexity index is 1340. The lowest BCUT2D eigenvalue weighted by Gasteiger charge is -2.36. The molecule has 0 saturated carbocycles. The SMILES string of the molecule is Cc1cc(C)c(CNC(=O)c2cc(Br)cc3c2cnn3C2CCN(C(=O)C(C)(C)C)CC2)c(=O)[nH]1. The Balaban J connectivity index is 1.54. The third-order valence-corrected chi connectivity index (χ3v) is 7.04. The highest BCUT2D eigenvalue weighted by molar-refractivity contribution is 9.10. The van der Waals surface area contributed by atoms with Crippen LogP contribution in [0.25, 0.3) is 10.9 Å². The quantitative estimate of drug-likeness (QED) is 0.515. The van der Waals surface area contributed by atoms with Gasteiger partial charge in [-0.1, -0.05) is 36.7 Å². The van der Waals surface area contributed by atoms with Gasteiger partial charge in [-0.2, -0.15) is 5.10 Å². The number of piperidine rings is 1. The van der Waals surface area contributed by atoms with E-state index in [9.17, 15) is 14.4 Å². The molecule has 3 aromatic rings. The molecule has 0 aliphatic carbocycles. The van der Waals surface area contributed by atoms with Crippen LogP contribution in [0.1, 0.15) is 66.8 Å². The van der Waals surface area contributed by atoms with Crippen molar-refractivity contribution in [3.8, 4) is 0 Å². The Labute approximate surface area is 213 Å². The van der Waals surface area contributed by atoms with Crippen molar-refractivity contribution < 1.29 is 9.59 Å². The summed E-state index contributed by atoms with van der Waals surface area (Å²) in [7, 11) is 0. The first-order chi connectivity index (χ1) is 16.5. The van der Waals surface area contributed by atoms with Crippen LogP contribution in [-0.2, 0) is 11.3 Å². The van der Waals surface area contributed by atoms with Crippen molar-refractivity contribution in [2.45, 2.75) is 60.0 Å². The fraction of sp³-hybridized carbons (Fsp3) is 0.462. The minimum absolute atomic E-state index is 0.142. The van der Waals surface area contributed by atoms with Crippen molar-refractivity contribution in [1.29, 1.82) is 0 Å². The van der Waals surface area contributed by atoms with E-state index in [-0.39, 0.29) is 35.4 Å². The predicted octanol–water partition coefficient (Wildman–Crippen LogP) is 4.24. The van der Waals surface area contributed by atoms with Gasteiger partial charge >= 0.3 is 0 Å². The first-order valence-corrected chi connectivity index (χ1v) is 12.7. The van der Waals surface area contributed by atoms with Gasteiger partial charge in [-0.3, -0.25) is 19.1 Å². The minimum Gasteiger partial charge on any atom is -0.348 e. The lowest BCUT2D eigenvalue weighted by Crippen LogP contribution is -2.44. The van der Waals surface area contributed by atoms with Crippen LogP contribution in [0.4, 0.5) is 0 Å². The molecule has 0 atom stereocenters. The zero-order chi connectivity index (χ0) is 25.5. The number of carbonyl (C=O) groups excluding carboxylic acids is 2. The van der Waals surface area contributed by atoms with Crippen LogP contribution in [0.5, 0.6) is 0 Å². The summed E-state index contributed by atoms with van der Waals surface area (Å²) < 4.78 is 2.76. The van der Waals surface area contributed by atoms with Crippen LogP contribution < -0.4 is 10.9 Å². The van der Waals surface area contributed by atoms with Crippen molar-refractivity contribution in [3.63, 3.8) is 0 Å². The summed E-state index contributed by atoms with van der Waals surface area (Å²) in [5.41, 5.74) is 2.97. The number of pyridine rings is 1. The fourth-order valence-corrected chi connectivity index (χ4v) is 5.19. The molecule has 0 bridgehead atoms. The third kappa shape index (κ3) is 5.19. The number of rotatable bonds is 4. The van der Waals surface area contributed by atoms with Gasteiger partial charge in [0.2, 0.25) is 5.91 Å². The molecule has 9 heteroatoms. The van der Waals surface area contributed by atoms with Crippen molar-refractivity contribution in [1.82, 2.24) is 25.0 Å². The van der Waals surface area contributed by atoms with E-state index in [1.54, 1.807) is 12.3 Å². The Hall–Kier alpha value is -2.94. The monoisotopic (exact) mass is 541 g/mol. The van der Waals surface area contributed by atoms with E-state index in [1.807, 2.05) is 56.3 Å². The van der Waals surface area contributed by atoms with E-state index in [1.165, 1.54) is 0 Å². The number of amides is 2. The molecule has 2 amide bonds. The normalized spacial score (nSPS) is 15.0. The number of H-pyrrole nitrogens is 1. The number of aromatic amines is 1. The van der Waals surface area contributed by atoms with Gasteiger partial charge in [0.25, 0.3) is 11.5 Å². The minimum atomic E-state index is -0.389. The molecule has 8 nitrogen and oxygen atoms in total. The highest BCUT2D eigenvalue weighted by Gasteiger charge is 2.31. The molecule has 3 heterocycles. The average molecular weight is 542 g/mol. The molecule has 186 valence electrons. The van der Waals surface area contributed by atoms with Crippen molar-refractivity contribution in [2.75, 3.05) is 13.1 Å².